The van der Waals surface area contributed by atoms with E-state index in [2.05, 4.69) is 15.1 Å². The number of nitrogen functional groups attached to an aromatic ring is 1. The van der Waals surface area contributed by atoms with Gasteiger partial charge in [-0.25, -0.2) is 13.1 Å². The van der Waals surface area contributed by atoms with Crippen LogP contribution in [-0.2, 0) is 21.4 Å². The third kappa shape index (κ3) is 3.04. The van der Waals surface area contributed by atoms with Gasteiger partial charge in [0.1, 0.15) is 4.90 Å². The molecule has 1 atom stereocenters. The van der Waals surface area contributed by atoms with Crippen LogP contribution in [0.4, 0.5) is 5.82 Å². The number of nitrogens with two attached hydrogens (primary N) is 1. The predicted molar refractivity (Wildman–Crippen MR) is 68.7 cm³/mol. The van der Waals surface area contributed by atoms with Crippen molar-refractivity contribution in [2.75, 3.05) is 12.3 Å². The lowest BCUT2D eigenvalue weighted by atomic mass is 10.2. The Labute approximate surface area is 111 Å². The lowest BCUT2D eigenvalue weighted by molar-refractivity contribution is -0.119. The Morgan fingerprint density at radius 2 is 2.37 bits per heavy atom. The molecule has 1 aliphatic rings. The molecule has 9 heteroatoms. The van der Waals surface area contributed by atoms with E-state index in [0.717, 1.165) is 0 Å². The van der Waals surface area contributed by atoms with Crippen molar-refractivity contribution < 1.29 is 13.2 Å². The molecule has 0 radical (unpaired) electrons. The highest BCUT2D eigenvalue weighted by atomic mass is 32.2. The Bertz CT molecular complexity index is 580. The zero-order valence-electron chi connectivity index (χ0n) is 10.6. The van der Waals surface area contributed by atoms with Crippen molar-refractivity contribution >= 4 is 21.7 Å². The second-order valence-electron chi connectivity index (χ2n) is 4.39. The van der Waals surface area contributed by atoms with Gasteiger partial charge in [0, 0.05) is 31.7 Å². The number of sulfonamides is 1. The standard InChI is InChI=1S/C10H17N5O3S/c1-2-15-6-8(10(11)14-15)19(17,18)12-5-7-3-4-9(16)13-7/h6-7,12H,2-5H2,1H3,(H2,11,14)(H,13,16). The molecule has 1 amide bonds. The summed E-state index contributed by atoms with van der Waals surface area (Å²) in [7, 11) is -3.69. The number of rotatable bonds is 5. The van der Waals surface area contributed by atoms with Crippen molar-refractivity contribution in [2.45, 2.75) is 37.2 Å². The number of aryl methyl sites for hydroxylation is 1. The first kappa shape index (κ1) is 13.8. The highest BCUT2D eigenvalue weighted by Crippen LogP contribution is 2.16. The predicted octanol–water partition coefficient (Wildman–Crippen LogP) is -0.958. The minimum atomic E-state index is -3.69. The summed E-state index contributed by atoms with van der Waals surface area (Å²) in [4.78, 5) is 11.0. The topological polar surface area (TPSA) is 119 Å². The maximum absolute atomic E-state index is 12.1. The fraction of sp³-hybridized carbons (Fsp3) is 0.600. The van der Waals surface area contributed by atoms with E-state index in [4.69, 9.17) is 5.73 Å². The van der Waals surface area contributed by atoms with Crippen molar-refractivity contribution in [2.24, 2.45) is 0 Å². The lowest BCUT2D eigenvalue weighted by Crippen LogP contribution is -2.38. The van der Waals surface area contributed by atoms with E-state index in [-0.39, 0.29) is 29.2 Å². The van der Waals surface area contributed by atoms with Gasteiger partial charge in [-0.2, -0.15) is 5.10 Å². The van der Waals surface area contributed by atoms with Gasteiger partial charge in [-0.3, -0.25) is 9.48 Å². The number of nitrogens with zero attached hydrogens (tertiary/aromatic N) is 2. The smallest absolute Gasteiger partial charge is 0.245 e. The first-order valence-electron chi connectivity index (χ1n) is 6.04. The Balaban J connectivity index is 2.05. The van der Waals surface area contributed by atoms with Crippen molar-refractivity contribution in [1.29, 1.82) is 0 Å². The van der Waals surface area contributed by atoms with Gasteiger partial charge in [0.2, 0.25) is 15.9 Å². The van der Waals surface area contributed by atoms with Crippen LogP contribution < -0.4 is 15.8 Å². The Kier molecular flexibility index (Phi) is 3.76. The highest BCUT2D eigenvalue weighted by molar-refractivity contribution is 7.89. The molecule has 1 aliphatic heterocycles. The van der Waals surface area contributed by atoms with Crippen LogP contribution in [0.1, 0.15) is 19.8 Å². The molecule has 1 aromatic rings. The van der Waals surface area contributed by atoms with Crippen molar-refractivity contribution in [3.63, 3.8) is 0 Å². The summed E-state index contributed by atoms with van der Waals surface area (Å²) < 4.78 is 28.0. The van der Waals surface area contributed by atoms with Crippen LogP contribution in [0.5, 0.6) is 0 Å². The summed E-state index contributed by atoms with van der Waals surface area (Å²) in [5, 5.41) is 6.58. The quantitative estimate of drug-likeness (QED) is 0.644. The molecule has 0 aliphatic carbocycles. The SMILES string of the molecule is CCn1cc(S(=O)(=O)NCC2CCC(=O)N2)c(N)n1. The molecule has 0 aromatic carbocycles. The lowest BCUT2D eigenvalue weighted by Gasteiger charge is -2.11. The molecule has 1 saturated heterocycles. The van der Waals surface area contributed by atoms with E-state index in [1.165, 1.54) is 10.9 Å². The number of hydrogen-bond donors (Lipinski definition) is 3. The van der Waals surface area contributed by atoms with Crippen LogP contribution in [0.15, 0.2) is 11.1 Å². The normalized spacial score (nSPS) is 19.6. The molecule has 2 heterocycles. The highest BCUT2D eigenvalue weighted by Gasteiger charge is 2.25. The third-order valence-corrected chi connectivity index (χ3v) is 4.41. The van der Waals surface area contributed by atoms with Gasteiger partial charge in [-0.05, 0) is 13.3 Å². The largest absolute Gasteiger partial charge is 0.381 e. The Morgan fingerprint density at radius 1 is 1.63 bits per heavy atom. The molecule has 1 fully saturated rings. The summed E-state index contributed by atoms with van der Waals surface area (Å²) >= 11 is 0. The monoisotopic (exact) mass is 287 g/mol. The summed E-state index contributed by atoms with van der Waals surface area (Å²) in [6, 6.07) is -0.162. The summed E-state index contributed by atoms with van der Waals surface area (Å²) in [5.41, 5.74) is 5.59. The molecule has 19 heavy (non-hydrogen) atoms. The second kappa shape index (κ2) is 5.17. The molecule has 8 nitrogen and oxygen atoms in total. The number of hydrogen-bond acceptors (Lipinski definition) is 5. The second-order valence-corrected chi connectivity index (χ2v) is 6.12. The van der Waals surface area contributed by atoms with E-state index >= 15 is 0 Å². The molecular formula is C10H17N5O3S. The average molecular weight is 287 g/mol. The van der Waals surface area contributed by atoms with Crippen LogP contribution >= 0.6 is 0 Å². The number of amides is 1. The molecule has 106 valence electrons. The summed E-state index contributed by atoms with van der Waals surface area (Å²) in [6.07, 6.45) is 2.46. The molecule has 0 bridgehead atoms. The average Bonchev–Trinajstić information content (AvgIpc) is 2.93. The van der Waals surface area contributed by atoms with Gasteiger partial charge in [-0.15, -0.1) is 0 Å². The number of carbonyl (C=O) groups is 1. The van der Waals surface area contributed by atoms with Gasteiger partial charge in [0.05, 0.1) is 0 Å². The third-order valence-electron chi connectivity index (χ3n) is 2.97. The van der Waals surface area contributed by atoms with Gasteiger partial charge >= 0.3 is 0 Å². The number of aromatic nitrogens is 2. The fourth-order valence-corrected chi connectivity index (χ4v) is 3.06. The molecule has 2 rings (SSSR count). The first-order valence-corrected chi connectivity index (χ1v) is 7.52. The number of anilines is 1. The van der Waals surface area contributed by atoms with E-state index < -0.39 is 10.0 Å². The van der Waals surface area contributed by atoms with Crippen LogP contribution in [0, 0.1) is 0 Å². The van der Waals surface area contributed by atoms with Gasteiger partial charge in [0.15, 0.2) is 5.82 Å². The molecule has 1 aromatic heterocycles. The minimum Gasteiger partial charge on any atom is -0.381 e. The van der Waals surface area contributed by atoms with Crippen molar-refractivity contribution in [1.82, 2.24) is 19.8 Å². The Morgan fingerprint density at radius 3 is 2.89 bits per heavy atom. The van der Waals surface area contributed by atoms with Crippen LogP contribution in [-0.4, -0.2) is 36.7 Å². The van der Waals surface area contributed by atoms with Gasteiger partial charge < -0.3 is 11.1 Å². The fourth-order valence-electron chi connectivity index (χ4n) is 1.91. The van der Waals surface area contributed by atoms with E-state index in [9.17, 15) is 13.2 Å². The minimum absolute atomic E-state index is 0.0233. The van der Waals surface area contributed by atoms with Crippen molar-refractivity contribution in [3.8, 4) is 0 Å². The van der Waals surface area contributed by atoms with Gasteiger partial charge in [-0.1, -0.05) is 0 Å². The summed E-state index contributed by atoms with van der Waals surface area (Å²) in [5.74, 6) is -0.0766. The zero-order chi connectivity index (χ0) is 14.0. The molecule has 4 N–H and O–H groups in total. The van der Waals surface area contributed by atoms with E-state index in [0.29, 0.717) is 19.4 Å². The zero-order valence-corrected chi connectivity index (χ0v) is 11.4. The van der Waals surface area contributed by atoms with Crippen LogP contribution in [0.2, 0.25) is 0 Å². The molecule has 0 spiro atoms. The maximum atomic E-state index is 12.1. The maximum Gasteiger partial charge on any atom is 0.245 e. The van der Waals surface area contributed by atoms with E-state index in [1.807, 2.05) is 6.92 Å². The number of nitrogens with one attached hydrogen (secondary N) is 2. The van der Waals surface area contributed by atoms with Crippen LogP contribution in [0.3, 0.4) is 0 Å². The summed E-state index contributed by atoms with van der Waals surface area (Å²) in [6.45, 7) is 2.54. The van der Waals surface area contributed by atoms with Crippen LogP contribution in [0.25, 0.3) is 0 Å². The van der Waals surface area contributed by atoms with Gasteiger partial charge in [0.25, 0.3) is 0 Å². The van der Waals surface area contributed by atoms with E-state index in [1.54, 1.807) is 0 Å². The molecular weight excluding hydrogens is 270 g/mol. The first-order chi connectivity index (χ1) is 8.92. The number of carbonyl (C=O) groups excluding carboxylic acids is 1. The Hall–Kier alpha value is -1.61. The molecule has 0 saturated carbocycles. The molecule has 1 unspecified atom stereocenters. The van der Waals surface area contributed by atoms with Crippen molar-refractivity contribution in [3.05, 3.63) is 6.20 Å².